The molecule has 0 amide bonds. The number of halogens is 2. The van der Waals surface area contributed by atoms with Crippen molar-refractivity contribution in [3.8, 4) is 11.5 Å². The molecule has 0 radical (unpaired) electrons. The number of carbonyl (C=O) groups excluding carboxylic acids is 1. The minimum absolute atomic E-state index is 0.253. The zero-order chi connectivity index (χ0) is 30.9. The molecule has 2 atom stereocenters. The van der Waals surface area contributed by atoms with E-state index in [1.165, 1.54) is 41.3 Å². The van der Waals surface area contributed by atoms with Crippen molar-refractivity contribution in [3.05, 3.63) is 107 Å². The molecule has 5 rings (SSSR count). The van der Waals surface area contributed by atoms with Crippen LogP contribution in [0.25, 0.3) is 0 Å². The van der Waals surface area contributed by atoms with Crippen LogP contribution in [0.2, 0.25) is 0 Å². The fourth-order valence-corrected chi connectivity index (χ4v) is 4.40. The first kappa shape index (κ1) is 33.3. The lowest BCUT2D eigenvalue weighted by Crippen LogP contribution is -2.32. The second-order valence-corrected chi connectivity index (χ2v) is 8.99. The van der Waals surface area contributed by atoms with E-state index in [2.05, 4.69) is 24.5 Å². The molecule has 0 saturated heterocycles. The van der Waals surface area contributed by atoms with Gasteiger partial charge in [-0.15, -0.1) is 0 Å². The Morgan fingerprint density at radius 1 is 1.22 bits per heavy atom. The zero-order valence-corrected chi connectivity index (χ0v) is 24.8. The SMILES string of the molecule is C=C(/C=C(/C)N)N1C=C(F)C=C(C(N)C2C(=O)/C2=C/C(F)=C\C)C1=C.CC.CC.c1cc2c(c3c1CNC3)OCO2. The molecule has 7 nitrogen and oxygen atoms in total. The smallest absolute Gasteiger partial charge is 0.231 e. The lowest BCUT2D eigenvalue weighted by molar-refractivity contribution is -0.110. The number of ether oxygens (including phenoxy) is 2. The Bertz CT molecular complexity index is 1290. The van der Waals surface area contributed by atoms with Crippen molar-refractivity contribution < 1.29 is 23.0 Å². The molecule has 0 spiro atoms. The Hall–Kier alpha value is -3.95. The number of nitrogens with one attached hydrogen (secondary N) is 1. The highest BCUT2D eigenvalue weighted by Gasteiger charge is 2.49. The molecule has 1 saturated carbocycles. The summed E-state index contributed by atoms with van der Waals surface area (Å²) in [5.74, 6) is -0.174. The number of carbonyl (C=O) groups is 1. The van der Waals surface area contributed by atoms with Gasteiger partial charge in [-0.2, -0.15) is 0 Å². The largest absolute Gasteiger partial charge is 0.454 e. The highest BCUT2D eigenvalue weighted by molar-refractivity contribution is 6.17. The predicted octanol–water partition coefficient (Wildman–Crippen LogP) is 6.33. The summed E-state index contributed by atoms with van der Waals surface area (Å²) < 4.78 is 38.1. The molecule has 0 aromatic heterocycles. The quantitative estimate of drug-likeness (QED) is 0.282. The number of hydrogen-bond acceptors (Lipinski definition) is 7. The van der Waals surface area contributed by atoms with Crippen molar-refractivity contribution in [1.29, 1.82) is 0 Å². The van der Waals surface area contributed by atoms with Gasteiger partial charge in [0.1, 0.15) is 11.7 Å². The molecule has 9 heteroatoms. The normalized spacial score (nSPS) is 20.4. The topological polar surface area (TPSA) is 103 Å². The van der Waals surface area contributed by atoms with E-state index >= 15 is 0 Å². The summed E-state index contributed by atoms with van der Waals surface area (Å²) in [7, 11) is 0. The van der Waals surface area contributed by atoms with Gasteiger partial charge in [0, 0.05) is 53.6 Å². The van der Waals surface area contributed by atoms with Crippen LogP contribution in [0.5, 0.6) is 11.5 Å². The second kappa shape index (κ2) is 15.2. The molecule has 222 valence electrons. The standard InChI is InChI=1S/C19H21F2N3O.C9H9NO2.2C2H6/c1-5-13(20)7-16-17(19(16)25)18(23)15-8-14(21)9-24(12(15)4)11(3)6-10(2)22;1-2-8-9(12-5-11-8)7-4-10-3-6(1)7;2*1-2/h5-9,17-18H,3-4,22-23H2,1-2H3;1-2,10H,3-5H2;2*1-2H3/b10-6-,13-5+,16-7+;;;. The summed E-state index contributed by atoms with van der Waals surface area (Å²) in [6.45, 7) is 21.2. The van der Waals surface area contributed by atoms with E-state index < -0.39 is 23.6 Å². The Kier molecular flexibility index (Phi) is 12.3. The molecule has 1 aromatic rings. The molecular weight excluding hydrogens is 526 g/mol. The van der Waals surface area contributed by atoms with Crippen molar-refractivity contribution in [2.45, 2.75) is 60.7 Å². The van der Waals surface area contributed by atoms with Crippen LogP contribution in [0.1, 0.15) is 52.7 Å². The third-order valence-corrected chi connectivity index (χ3v) is 6.34. The van der Waals surface area contributed by atoms with E-state index in [0.717, 1.165) is 30.7 Å². The maximum absolute atomic E-state index is 14.0. The highest BCUT2D eigenvalue weighted by atomic mass is 19.1. The second-order valence-electron chi connectivity index (χ2n) is 8.99. The summed E-state index contributed by atoms with van der Waals surface area (Å²) in [5.41, 5.74) is 16.3. The maximum Gasteiger partial charge on any atom is 0.231 e. The van der Waals surface area contributed by atoms with Gasteiger partial charge in [0.25, 0.3) is 0 Å². The number of rotatable bonds is 5. The minimum atomic E-state index is -0.825. The van der Waals surface area contributed by atoms with Gasteiger partial charge in [-0.05, 0) is 49.3 Å². The van der Waals surface area contributed by atoms with Crippen LogP contribution in [0.15, 0.2) is 95.7 Å². The van der Waals surface area contributed by atoms with Gasteiger partial charge in [-0.1, -0.05) is 53.0 Å². The molecule has 1 fully saturated rings. The van der Waals surface area contributed by atoms with Gasteiger partial charge in [-0.3, -0.25) is 4.79 Å². The van der Waals surface area contributed by atoms with E-state index in [4.69, 9.17) is 20.9 Å². The van der Waals surface area contributed by atoms with Gasteiger partial charge in [0.15, 0.2) is 17.3 Å². The van der Waals surface area contributed by atoms with Gasteiger partial charge < -0.3 is 31.2 Å². The van der Waals surface area contributed by atoms with Crippen LogP contribution in [0, 0.1) is 5.92 Å². The third kappa shape index (κ3) is 7.83. The van der Waals surface area contributed by atoms with E-state index in [1.54, 1.807) is 13.0 Å². The van der Waals surface area contributed by atoms with E-state index in [0.29, 0.717) is 29.5 Å². The Labute approximate surface area is 242 Å². The number of nitrogens with two attached hydrogens (primary N) is 2. The van der Waals surface area contributed by atoms with Crippen LogP contribution in [0.3, 0.4) is 0 Å². The Morgan fingerprint density at radius 2 is 1.90 bits per heavy atom. The maximum atomic E-state index is 14.0. The van der Waals surface area contributed by atoms with E-state index in [9.17, 15) is 13.6 Å². The summed E-state index contributed by atoms with van der Waals surface area (Å²) in [5, 5.41) is 3.28. The number of Topliss-reactive ketones (excluding diaryl/α,β-unsaturated/α-hetero) is 1. The first-order valence-corrected chi connectivity index (χ1v) is 13.8. The lowest BCUT2D eigenvalue weighted by atomic mass is 9.96. The number of hydrogen-bond donors (Lipinski definition) is 3. The molecule has 3 aliphatic heterocycles. The minimum Gasteiger partial charge on any atom is -0.454 e. The summed E-state index contributed by atoms with van der Waals surface area (Å²) >= 11 is 0. The molecule has 2 unspecified atom stereocenters. The molecule has 41 heavy (non-hydrogen) atoms. The predicted molar refractivity (Wildman–Crippen MR) is 161 cm³/mol. The van der Waals surface area contributed by atoms with Crippen LogP contribution in [-0.2, 0) is 17.9 Å². The number of fused-ring (bicyclic) bond motifs is 3. The van der Waals surface area contributed by atoms with E-state index in [1.807, 2.05) is 33.8 Å². The van der Waals surface area contributed by atoms with Crippen LogP contribution < -0.4 is 26.3 Å². The zero-order valence-electron chi connectivity index (χ0n) is 24.8. The van der Waals surface area contributed by atoms with Gasteiger partial charge in [-0.25, -0.2) is 8.78 Å². The summed E-state index contributed by atoms with van der Waals surface area (Å²) in [6.07, 6.45) is 6.41. The Morgan fingerprint density at radius 3 is 2.54 bits per heavy atom. The first-order chi connectivity index (χ1) is 19.6. The number of allylic oxidation sites excluding steroid dienone is 7. The monoisotopic (exact) mass is 568 g/mol. The number of ketones is 1. The molecular formula is C32H42F2N4O3. The number of benzene rings is 1. The average Bonchev–Trinajstić information content (AvgIpc) is 3.33. The number of nitrogens with zero attached hydrogens (tertiary/aromatic N) is 1. The van der Waals surface area contributed by atoms with Gasteiger partial charge in [0.2, 0.25) is 6.79 Å². The molecule has 5 N–H and O–H groups in total. The van der Waals surface area contributed by atoms with Crippen molar-refractivity contribution >= 4 is 5.78 Å². The van der Waals surface area contributed by atoms with E-state index in [-0.39, 0.29) is 11.4 Å². The van der Waals surface area contributed by atoms with Crippen LogP contribution in [0.4, 0.5) is 8.78 Å². The fraction of sp³-hybridized carbons (Fsp3) is 0.344. The molecule has 1 aliphatic carbocycles. The molecule has 3 heterocycles. The average molecular weight is 569 g/mol. The lowest BCUT2D eigenvalue weighted by Gasteiger charge is -2.30. The molecule has 4 aliphatic rings. The van der Waals surface area contributed by atoms with Crippen LogP contribution in [-0.4, -0.2) is 23.5 Å². The molecule has 0 bridgehead atoms. The van der Waals surface area contributed by atoms with Crippen LogP contribution >= 0.6 is 0 Å². The molecule has 1 aromatic carbocycles. The highest BCUT2D eigenvalue weighted by Crippen LogP contribution is 2.42. The summed E-state index contributed by atoms with van der Waals surface area (Å²) in [4.78, 5) is 13.4. The van der Waals surface area contributed by atoms with Crippen molar-refractivity contribution in [3.63, 3.8) is 0 Å². The van der Waals surface area contributed by atoms with Crippen molar-refractivity contribution in [2.24, 2.45) is 17.4 Å². The van der Waals surface area contributed by atoms with Crippen molar-refractivity contribution in [1.82, 2.24) is 10.2 Å². The fourth-order valence-electron chi connectivity index (χ4n) is 4.40. The van der Waals surface area contributed by atoms with Crippen molar-refractivity contribution in [2.75, 3.05) is 6.79 Å². The van der Waals surface area contributed by atoms with Gasteiger partial charge in [0.05, 0.1) is 5.92 Å². The Balaban J connectivity index is 0.000000302. The van der Waals surface area contributed by atoms with Gasteiger partial charge >= 0.3 is 0 Å². The summed E-state index contributed by atoms with van der Waals surface area (Å²) in [6, 6.07) is 3.26. The third-order valence-electron chi connectivity index (χ3n) is 6.34. The first-order valence-electron chi connectivity index (χ1n) is 13.8.